The molecule has 0 unspecified atom stereocenters. The molecule has 1 aromatic carbocycles. The highest BCUT2D eigenvalue weighted by Gasteiger charge is 2.16. The SMILES string of the molecule is O=C(O)CCSSCCNC(=O)CNC(=O)c1ccc(Cl)c([N+](=O)[O-])c1. The second-order valence-corrected chi connectivity index (χ2v) is 7.85. The third kappa shape index (κ3) is 8.41. The first-order valence-electron chi connectivity index (χ1n) is 7.26. The average molecular weight is 422 g/mol. The first-order valence-corrected chi connectivity index (χ1v) is 10.1. The Labute approximate surface area is 161 Å². The van der Waals surface area contributed by atoms with Crippen molar-refractivity contribution < 1.29 is 24.4 Å². The molecule has 0 atom stereocenters. The van der Waals surface area contributed by atoms with Crippen LogP contribution in [0.2, 0.25) is 5.02 Å². The Morgan fingerprint density at radius 3 is 2.54 bits per heavy atom. The number of aliphatic carboxylic acids is 1. The number of amides is 2. The molecule has 26 heavy (non-hydrogen) atoms. The minimum atomic E-state index is -0.854. The molecule has 0 heterocycles. The molecule has 0 bridgehead atoms. The van der Waals surface area contributed by atoms with Gasteiger partial charge in [-0.05, 0) is 12.1 Å². The summed E-state index contributed by atoms with van der Waals surface area (Å²) in [6, 6.07) is 3.61. The zero-order valence-corrected chi connectivity index (χ0v) is 15.8. The number of nitrogens with one attached hydrogen (secondary N) is 2. The molecule has 0 saturated carbocycles. The van der Waals surface area contributed by atoms with Gasteiger partial charge in [0.1, 0.15) is 5.02 Å². The number of benzene rings is 1. The van der Waals surface area contributed by atoms with Crippen LogP contribution in [0.4, 0.5) is 5.69 Å². The molecule has 0 aliphatic carbocycles. The molecule has 0 aromatic heterocycles. The summed E-state index contributed by atoms with van der Waals surface area (Å²) in [6.45, 7) is 0.0952. The Morgan fingerprint density at radius 1 is 1.19 bits per heavy atom. The second-order valence-electron chi connectivity index (χ2n) is 4.74. The summed E-state index contributed by atoms with van der Waals surface area (Å²) < 4.78 is 0. The lowest BCUT2D eigenvalue weighted by Gasteiger charge is -2.07. The van der Waals surface area contributed by atoms with E-state index in [-0.39, 0.29) is 29.2 Å². The van der Waals surface area contributed by atoms with Gasteiger partial charge in [0.2, 0.25) is 5.91 Å². The summed E-state index contributed by atoms with van der Waals surface area (Å²) in [7, 11) is 2.84. The Bertz CT molecular complexity index is 689. The minimum Gasteiger partial charge on any atom is -0.481 e. The quantitative estimate of drug-likeness (QED) is 0.213. The van der Waals surface area contributed by atoms with Gasteiger partial charge in [0.15, 0.2) is 0 Å². The molecular weight excluding hydrogens is 406 g/mol. The van der Waals surface area contributed by atoms with Gasteiger partial charge in [0, 0.05) is 29.7 Å². The van der Waals surface area contributed by atoms with Crippen molar-refractivity contribution in [3.8, 4) is 0 Å². The summed E-state index contributed by atoms with van der Waals surface area (Å²) in [5, 5.41) is 24.2. The summed E-state index contributed by atoms with van der Waals surface area (Å²) in [4.78, 5) is 44.0. The predicted molar refractivity (Wildman–Crippen MR) is 101 cm³/mol. The standard InChI is InChI=1S/C14H16ClN3O6S2/c15-10-2-1-9(7-11(10)18(23)24)14(22)17-8-12(19)16-4-6-26-25-5-3-13(20)21/h1-2,7H,3-6,8H2,(H,16,19)(H,17,22)(H,20,21). The van der Waals surface area contributed by atoms with Gasteiger partial charge in [0.05, 0.1) is 17.9 Å². The van der Waals surface area contributed by atoms with Crippen LogP contribution in [0.5, 0.6) is 0 Å². The molecule has 1 rings (SSSR count). The Hall–Kier alpha value is -1.98. The highest BCUT2D eigenvalue weighted by Crippen LogP contribution is 2.25. The van der Waals surface area contributed by atoms with Crippen molar-refractivity contribution in [1.29, 1.82) is 0 Å². The monoisotopic (exact) mass is 421 g/mol. The van der Waals surface area contributed by atoms with E-state index in [0.29, 0.717) is 18.1 Å². The maximum Gasteiger partial charge on any atom is 0.304 e. The lowest BCUT2D eigenvalue weighted by molar-refractivity contribution is -0.384. The number of nitro groups is 1. The Kier molecular flexibility index (Phi) is 9.84. The van der Waals surface area contributed by atoms with E-state index in [2.05, 4.69) is 10.6 Å². The lowest BCUT2D eigenvalue weighted by Crippen LogP contribution is -2.37. The zero-order valence-electron chi connectivity index (χ0n) is 13.4. The first kappa shape index (κ1) is 22.1. The molecule has 9 nitrogen and oxygen atoms in total. The van der Waals surface area contributed by atoms with Crippen molar-refractivity contribution in [2.24, 2.45) is 0 Å². The first-order chi connectivity index (χ1) is 12.3. The number of carboxylic acid groups (broad SMARTS) is 1. The van der Waals surface area contributed by atoms with E-state index < -0.39 is 22.7 Å². The molecule has 2 amide bonds. The summed E-state index contributed by atoms with van der Waals surface area (Å²) >= 11 is 5.67. The van der Waals surface area contributed by atoms with Crippen LogP contribution < -0.4 is 10.6 Å². The molecule has 0 radical (unpaired) electrons. The van der Waals surface area contributed by atoms with Crippen molar-refractivity contribution in [2.75, 3.05) is 24.6 Å². The molecular formula is C14H16ClN3O6S2. The van der Waals surface area contributed by atoms with Crippen molar-refractivity contribution in [1.82, 2.24) is 10.6 Å². The topological polar surface area (TPSA) is 139 Å². The van der Waals surface area contributed by atoms with Crippen LogP contribution in [0, 0.1) is 10.1 Å². The van der Waals surface area contributed by atoms with Gasteiger partial charge in [-0.2, -0.15) is 0 Å². The van der Waals surface area contributed by atoms with Crippen LogP contribution in [-0.4, -0.2) is 52.4 Å². The van der Waals surface area contributed by atoms with Crippen LogP contribution in [0.25, 0.3) is 0 Å². The van der Waals surface area contributed by atoms with Crippen molar-refractivity contribution >= 4 is 56.7 Å². The molecule has 3 N–H and O–H groups in total. The predicted octanol–water partition coefficient (Wildman–Crippen LogP) is 1.95. The zero-order chi connectivity index (χ0) is 19.5. The van der Waals surface area contributed by atoms with Crippen LogP contribution >= 0.6 is 33.2 Å². The average Bonchev–Trinajstić information content (AvgIpc) is 2.58. The van der Waals surface area contributed by atoms with Gasteiger partial charge < -0.3 is 15.7 Å². The molecule has 0 aliphatic heterocycles. The third-order valence-corrected chi connectivity index (χ3v) is 5.53. The molecule has 0 fully saturated rings. The fraction of sp³-hybridized carbons (Fsp3) is 0.357. The van der Waals surface area contributed by atoms with E-state index in [9.17, 15) is 24.5 Å². The number of nitrogens with zero attached hydrogens (tertiary/aromatic N) is 1. The fourth-order valence-corrected chi connectivity index (χ4v) is 3.67. The number of carbonyl (C=O) groups is 3. The van der Waals surface area contributed by atoms with Gasteiger partial charge in [-0.1, -0.05) is 33.2 Å². The number of carboxylic acids is 1. The minimum absolute atomic E-state index is 0.0271. The van der Waals surface area contributed by atoms with E-state index in [1.807, 2.05) is 0 Å². The Balaban J connectivity index is 2.28. The number of halogens is 1. The fourth-order valence-electron chi connectivity index (χ4n) is 1.60. The largest absolute Gasteiger partial charge is 0.481 e. The molecule has 0 saturated heterocycles. The number of carbonyl (C=O) groups excluding carboxylic acids is 2. The Morgan fingerprint density at radius 2 is 1.88 bits per heavy atom. The van der Waals surface area contributed by atoms with Crippen molar-refractivity contribution in [3.05, 3.63) is 38.9 Å². The van der Waals surface area contributed by atoms with Gasteiger partial charge in [-0.15, -0.1) is 0 Å². The maximum absolute atomic E-state index is 11.9. The summed E-state index contributed by atoms with van der Waals surface area (Å²) in [5.41, 5.74) is -0.361. The smallest absolute Gasteiger partial charge is 0.304 e. The van der Waals surface area contributed by atoms with Crippen molar-refractivity contribution in [3.63, 3.8) is 0 Å². The number of nitro benzene ring substituents is 1. The second kappa shape index (κ2) is 11.6. The normalized spacial score (nSPS) is 10.2. The van der Waals surface area contributed by atoms with E-state index >= 15 is 0 Å². The van der Waals surface area contributed by atoms with Gasteiger partial charge >= 0.3 is 5.97 Å². The van der Waals surface area contributed by atoms with Crippen LogP contribution in [0.3, 0.4) is 0 Å². The van der Waals surface area contributed by atoms with E-state index in [1.165, 1.54) is 33.7 Å². The van der Waals surface area contributed by atoms with Crippen LogP contribution in [0.15, 0.2) is 18.2 Å². The molecule has 12 heteroatoms. The third-order valence-electron chi connectivity index (χ3n) is 2.80. The van der Waals surface area contributed by atoms with Crippen LogP contribution in [0.1, 0.15) is 16.8 Å². The van der Waals surface area contributed by atoms with Gasteiger partial charge in [-0.25, -0.2) is 0 Å². The molecule has 0 spiro atoms. The lowest BCUT2D eigenvalue weighted by atomic mass is 10.2. The summed E-state index contributed by atoms with van der Waals surface area (Å²) in [5.74, 6) is -0.811. The number of hydrogen-bond donors (Lipinski definition) is 3. The number of rotatable bonds is 11. The van der Waals surface area contributed by atoms with E-state index in [1.54, 1.807) is 0 Å². The van der Waals surface area contributed by atoms with Crippen LogP contribution in [-0.2, 0) is 9.59 Å². The maximum atomic E-state index is 11.9. The molecule has 142 valence electrons. The van der Waals surface area contributed by atoms with E-state index in [4.69, 9.17) is 16.7 Å². The molecule has 0 aliphatic rings. The van der Waals surface area contributed by atoms with Gasteiger partial charge in [-0.3, -0.25) is 24.5 Å². The highest BCUT2D eigenvalue weighted by molar-refractivity contribution is 8.76. The van der Waals surface area contributed by atoms with Gasteiger partial charge in [0.25, 0.3) is 11.6 Å². The summed E-state index contributed by atoms with van der Waals surface area (Å²) in [6.07, 6.45) is 0.0823. The van der Waals surface area contributed by atoms with Crippen molar-refractivity contribution in [2.45, 2.75) is 6.42 Å². The highest BCUT2D eigenvalue weighted by atomic mass is 35.5. The molecule has 1 aromatic rings. The number of hydrogen-bond acceptors (Lipinski definition) is 7. The van der Waals surface area contributed by atoms with E-state index in [0.717, 1.165) is 6.07 Å².